The van der Waals surface area contributed by atoms with Gasteiger partial charge in [0.05, 0.1) is 0 Å². The van der Waals surface area contributed by atoms with Gasteiger partial charge in [0, 0.05) is 11.8 Å². The normalized spacial score (nSPS) is 21.1. The first-order valence-corrected chi connectivity index (χ1v) is 5.36. The number of carbonyl (C=O) groups is 2. The van der Waals surface area contributed by atoms with E-state index in [9.17, 15) is 9.59 Å². The lowest BCUT2D eigenvalue weighted by Gasteiger charge is -2.13. The average molecular weight is 224 g/mol. The Labute approximate surface area is 93.4 Å². The molecule has 0 spiro atoms. The van der Waals surface area contributed by atoms with Crippen molar-refractivity contribution in [3.05, 3.63) is 11.1 Å². The Morgan fingerprint density at radius 2 is 1.19 bits per heavy atom. The summed E-state index contributed by atoms with van der Waals surface area (Å²) < 4.78 is 0. The topological polar surface area (TPSA) is 110 Å². The van der Waals surface area contributed by atoms with Crippen LogP contribution < -0.4 is 22.5 Å². The molecule has 6 N–H and O–H groups in total. The van der Waals surface area contributed by atoms with Crippen LogP contribution in [0.25, 0.3) is 0 Å². The fraction of sp³-hybridized carbons (Fsp3) is 0.600. The Morgan fingerprint density at radius 1 is 0.875 bits per heavy atom. The van der Waals surface area contributed by atoms with Gasteiger partial charge in [-0.2, -0.15) is 0 Å². The molecular formula is C10H16N4O2. The molecule has 16 heavy (non-hydrogen) atoms. The van der Waals surface area contributed by atoms with Crippen LogP contribution in [0.2, 0.25) is 0 Å². The zero-order chi connectivity index (χ0) is 11.7. The van der Waals surface area contributed by atoms with Crippen molar-refractivity contribution in [2.45, 2.75) is 25.7 Å². The highest BCUT2D eigenvalue weighted by atomic mass is 16.2. The first-order chi connectivity index (χ1) is 7.65. The smallest absolute Gasteiger partial charge is 0.237 e. The zero-order valence-corrected chi connectivity index (χ0v) is 8.95. The number of allylic oxidation sites excluding steroid dienone is 2. The van der Waals surface area contributed by atoms with Crippen molar-refractivity contribution in [2.24, 2.45) is 23.5 Å². The molecule has 88 valence electrons. The van der Waals surface area contributed by atoms with E-state index in [2.05, 4.69) is 10.9 Å². The Bertz CT molecular complexity index is 314. The molecule has 0 atom stereocenters. The van der Waals surface area contributed by atoms with E-state index >= 15 is 0 Å². The van der Waals surface area contributed by atoms with Gasteiger partial charge in [-0.25, -0.2) is 11.7 Å². The summed E-state index contributed by atoms with van der Waals surface area (Å²) in [5.74, 6) is 9.88. The van der Waals surface area contributed by atoms with E-state index in [0.29, 0.717) is 0 Å². The minimum absolute atomic E-state index is 0.0445. The molecule has 0 fully saturated rings. The van der Waals surface area contributed by atoms with Crippen LogP contribution in [0.4, 0.5) is 0 Å². The van der Waals surface area contributed by atoms with Crippen LogP contribution >= 0.6 is 0 Å². The van der Waals surface area contributed by atoms with Gasteiger partial charge >= 0.3 is 0 Å². The fourth-order valence-electron chi connectivity index (χ4n) is 2.68. The Kier molecular flexibility index (Phi) is 2.93. The SMILES string of the molecule is NNC(=O)C1CC2=C(C1)CC(C(=O)NN)C2. The molecule has 0 radical (unpaired) electrons. The van der Waals surface area contributed by atoms with Crippen molar-refractivity contribution in [3.63, 3.8) is 0 Å². The van der Waals surface area contributed by atoms with Gasteiger partial charge in [-0.05, 0) is 25.7 Å². The molecule has 0 saturated heterocycles. The number of hydrogen-bond acceptors (Lipinski definition) is 4. The summed E-state index contributed by atoms with van der Waals surface area (Å²) >= 11 is 0. The minimum Gasteiger partial charge on any atom is -0.294 e. The van der Waals surface area contributed by atoms with Crippen molar-refractivity contribution in [2.75, 3.05) is 0 Å². The van der Waals surface area contributed by atoms with Crippen molar-refractivity contribution in [1.29, 1.82) is 0 Å². The van der Waals surface area contributed by atoms with E-state index in [-0.39, 0.29) is 23.7 Å². The van der Waals surface area contributed by atoms with Gasteiger partial charge in [0.25, 0.3) is 0 Å². The lowest BCUT2D eigenvalue weighted by molar-refractivity contribution is -0.124. The maximum Gasteiger partial charge on any atom is 0.237 e. The predicted octanol–water partition coefficient (Wildman–Crippen LogP) is -0.917. The van der Waals surface area contributed by atoms with Crippen molar-refractivity contribution < 1.29 is 9.59 Å². The van der Waals surface area contributed by atoms with Gasteiger partial charge in [0.2, 0.25) is 11.8 Å². The van der Waals surface area contributed by atoms with Gasteiger partial charge in [-0.1, -0.05) is 11.1 Å². The van der Waals surface area contributed by atoms with Crippen LogP contribution in [0.1, 0.15) is 25.7 Å². The summed E-state index contributed by atoms with van der Waals surface area (Å²) in [7, 11) is 0. The standard InChI is InChI=1S/C10H16N4O2/c11-13-9(15)7-1-5-2-8(10(16)14-12)4-6(5)3-7/h7-8H,1-4,11-12H2,(H,13,15)(H,14,16). The van der Waals surface area contributed by atoms with Gasteiger partial charge < -0.3 is 0 Å². The molecule has 2 aliphatic carbocycles. The molecule has 0 aliphatic heterocycles. The maximum absolute atomic E-state index is 11.4. The molecule has 6 nitrogen and oxygen atoms in total. The lowest BCUT2D eigenvalue weighted by Crippen LogP contribution is -2.36. The van der Waals surface area contributed by atoms with E-state index < -0.39 is 0 Å². The largest absolute Gasteiger partial charge is 0.294 e. The van der Waals surface area contributed by atoms with Crippen LogP contribution in [0.3, 0.4) is 0 Å². The van der Waals surface area contributed by atoms with Gasteiger partial charge in [-0.3, -0.25) is 20.4 Å². The number of hydrogen-bond donors (Lipinski definition) is 4. The van der Waals surface area contributed by atoms with E-state index in [1.54, 1.807) is 0 Å². The van der Waals surface area contributed by atoms with Crippen LogP contribution in [-0.2, 0) is 9.59 Å². The van der Waals surface area contributed by atoms with E-state index in [1.807, 2.05) is 0 Å². The van der Waals surface area contributed by atoms with Crippen LogP contribution in [0, 0.1) is 11.8 Å². The summed E-state index contributed by atoms with van der Waals surface area (Å²) in [5.41, 5.74) is 6.83. The summed E-state index contributed by atoms with van der Waals surface area (Å²) in [5, 5.41) is 0. The number of hydrazine groups is 2. The molecule has 0 heterocycles. The lowest BCUT2D eigenvalue weighted by atomic mass is 9.95. The summed E-state index contributed by atoms with van der Waals surface area (Å²) in [4.78, 5) is 22.7. The molecule has 0 unspecified atom stereocenters. The number of nitrogens with two attached hydrogens (primary N) is 2. The molecule has 0 aromatic rings. The van der Waals surface area contributed by atoms with Crippen molar-refractivity contribution in [3.8, 4) is 0 Å². The minimum atomic E-state index is -0.116. The molecule has 0 aromatic carbocycles. The molecule has 6 heteroatoms. The number of carbonyl (C=O) groups excluding carboxylic acids is 2. The van der Waals surface area contributed by atoms with Crippen molar-refractivity contribution >= 4 is 11.8 Å². The second-order valence-electron chi connectivity index (χ2n) is 4.43. The zero-order valence-electron chi connectivity index (χ0n) is 8.95. The van der Waals surface area contributed by atoms with E-state index in [1.165, 1.54) is 11.1 Å². The first kappa shape index (κ1) is 11.1. The number of nitrogens with one attached hydrogen (secondary N) is 2. The third-order valence-corrected chi connectivity index (χ3v) is 3.50. The fourth-order valence-corrected chi connectivity index (χ4v) is 2.68. The Balaban J connectivity index is 1.93. The highest BCUT2D eigenvalue weighted by Crippen LogP contribution is 2.44. The highest BCUT2D eigenvalue weighted by Gasteiger charge is 2.37. The Hall–Kier alpha value is -1.40. The molecular weight excluding hydrogens is 208 g/mol. The quantitative estimate of drug-likeness (QED) is 0.210. The molecule has 2 aliphatic rings. The molecule has 2 amide bonds. The summed E-state index contributed by atoms with van der Waals surface area (Å²) in [6.07, 6.45) is 2.92. The van der Waals surface area contributed by atoms with Crippen molar-refractivity contribution in [1.82, 2.24) is 10.9 Å². The monoisotopic (exact) mass is 224 g/mol. The summed E-state index contributed by atoms with van der Waals surface area (Å²) in [6, 6.07) is 0. The van der Waals surface area contributed by atoms with Crippen LogP contribution in [0.15, 0.2) is 11.1 Å². The highest BCUT2D eigenvalue weighted by molar-refractivity contribution is 5.82. The van der Waals surface area contributed by atoms with Crippen LogP contribution in [0.5, 0.6) is 0 Å². The second-order valence-corrected chi connectivity index (χ2v) is 4.43. The molecule has 0 aromatic heterocycles. The number of amides is 2. The number of rotatable bonds is 2. The molecule has 0 saturated carbocycles. The molecule has 2 rings (SSSR count). The first-order valence-electron chi connectivity index (χ1n) is 5.36. The van der Waals surface area contributed by atoms with Crippen LogP contribution in [-0.4, -0.2) is 11.8 Å². The van der Waals surface area contributed by atoms with E-state index in [4.69, 9.17) is 11.7 Å². The van der Waals surface area contributed by atoms with Gasteiger partial charge in [-0.15, -0.1) is 0 Å². The second kappa shape index (κ2) is 4.23. The van der Waals surface area contributed by atoms with Gasteiger partial charge in [0.15, 0.2) is 0 Å². The van der Waals surface area contributed by atoms with E-state index in [0.717, 1.165) is 25.7 Å². The average Bonchev–Trinajstić information content (AvgIpc) is 2.84. The summed E-state index contributed by atoms with van der Waals surface area (Å²) in [6.45, 7) is 0. The molecule has 0 bridgehead atoms. The predicted molar refractivity (Wildman–Crippen MR) is 57.1 cm³/mol. The third-order valence-electron chi connectivity index (χ3n) is 3.50. The Morgan fingerprint density at radius 3 is 1.44 bits per heavy atom. The van der Waals surface area contributed by atoms with Gasteiger partial charge in [0.1, 0.15) is 0 Å². The third kappa shape index (κ3) is 1.81. The maximum atomic E-state index is 11.4.